The van der Waals surface area contributed by atoms with Gasteiger partial charge in [-0.05, 0) is 12.8 Å². The second-order valence-electron chi connectivity index (χ2n) is 4.96. The fraction of sp³-hybridized carbons (Fsp3) is 0.667. The molecule has 110 valence electrons. The van der Waals surface area contributed by atoms with Crippen molar-refractivity contribution in [3.63, 3.8) is 0 Å². The van der Waals surface area contributed by atoms with Gasteiger partial charge in [0.15, 0.2) is 11.0 Å². The van der Waals surface area contributed by atoms with Crippen LogP contribution in [0.3, 0.4) is 0 Å². The zero-order valence-corrected chi connectivity index (χ0v) is 12.9. The van der Waals surface area contributed by atoms with Crippen LogP contribution in [0.2, 0.25) is 0 Å². The Morgan fingerprint density at radius 1 is 1.35 bits per heavy atom. The van der Waals surface area contributed by atoms with E-state index >= 15 is 0 Å². The Balaban J connectivity index is 1.96. The number of nitrogens with two attached hydrogens (primary N) is 1. The minimum atomic E-state index is 0.506. The minimum absolute atomic E-state index is 0.506. The molecule has 0 aromatic carbocycles. The summed E-state index contributed by atoms with van der Waals surface area (Å²) in [7, 11) is 0. The molecule has 7 nitrogen and oxygen atoms in total. The maximum Gasteiger partial charge on any atom is 0.226 e. The first-order chi connectivity index (χ1) is 9.60. The maximum atomic E-state index is 5.59. The van der Waals surface area contributed by atoms with Crippen LogP contribution in [0.25, 0.3) is 0 Å². The van der Waals surface area contributed by atoms with Crippen molar-refractivity contribution in [2.45, 2.75) is 44.6 Å². The number of hydrogen-bond donors (Lipinski definition) is 1. The van der Waals surface area contributed by atoms with Gasteiger partial charge in [-0.15, -0.1) is 10.2 Å². The lowest BCUT2D eigenvalue weighted by molar-refractivity contribution is 0.360. The largest absolute Gasteiger partial charge is 0.339 e. The van der Waals surface area contributed by atoms with Gasteiger partial charge in [0.2, 0.25) is 5.89 Å². The SMILES string of the molecule is Cc1nnc(SCc2noc(CC(C)C)n2)n1CCN. The molecule has 0 saturated heterocycles. The lowest BCUT2D eigenvalue weighted by atomic mass is 10.1. The maximum absolute atomic E-state index is 5.59. The van der Waals surface area contributed by atoms with Gasteiger partial charge < -0.3 is 14.8 Å². The van der Waals surface area contributed by atoms with Crippen molar-refractivity contribution in [3.8, 4) is 0 Å². The molecule has 20 heavy (non-hydrogen) atoms. The van der Waals surface area contributed by atoms with E-state index in [2.05, 4.69) is 34.2 Å². The molecule has 8 heteroatoms. The molecule has 2 rings (SSSR count). The zero-order chi connectivity index (χ0) is 14.5. The molecule has 0 amide bonds. The lowest BCUT2D eigenvalue weighted by Crippen LogP contribution is -2.12. The fourth-order valence-corrected chi connectivity index (χ4v) is 2.62. The summed E-state index contributed by atoms with van der Waals surface area (Å²) in [5.41, 5.74) is 5.59. The minimum Gasteiger partial charge on any atom is -0.339 e. The summed E-state index contributed by atoms with van der Waals surface area (Å²) in [6.45, 7) is 7.44. The van der Waals surface area contributed by atoms with E-state index in [1.165, 1.54) is 0 Å². The predicted octanol–water partition coefficient (Wildman–Crippen LogP) is 1.42. The Labute approximate surface area is 122 Å². The monoisotopic (exact) mass is 296 g/mol. The van der Waals surface area contributed by atoms with Gasteiger partial charge in [-0.25, -0.2) is 0 Å². The van der Waals surface area contributed by atoms with Gasteiger partial charge in [-0.1, -0.05) is 30.8 Å². The van der Waals surface area contributed by atoms with Crippen LogP contribution in [0, 0.1) is 12.8 Å². The van der Waals surface area contributed by atoms with Crippen molar-refractivity contribution >= 4 is 11.8 Å². The molecule has 2 aromatic rings. The van der Waals surface area contributed by atoms with Crippen LogP contribution >= 0.6 is 11.8 Å². The van der Waals surface area contributed by atoms with Gasteiger partial charge in [-0.2, -0.15) is 4.98 Å². The summed E-state index contributed by atoms with van der Waals surface area (Å²) in [5.74, 6) is 3.36. The molecule has 2 N–H and O–H groups in total. The molecular weight excluding hydrogens is 276 g/mol. The standard InChI is InChI=1S/C12H20N6OS/c1-8(2)6-11-14-10(17-19-11)7-20-12-16-15-9(3)18(12)5-4-13/h8H,4-7,13H2,1-3H3. The molecule has 0 bridgehead atoms. The molecule has 0 aliphatic heterocycles. The first kappa shape index (κ1) is 15.0. The molecule has 2 aromatic heterocycles. The highest BCUT2D eigenvalue weighted by Crippen LogP contribution is 2.20. The Kier molecular flexibility index (Phi) is 5.13. The lowest BCUT2D eigenvalue weighted by Gasteiger charge is -2.04. The molecule has 0 radical (unpaired) electrons. The second-order valence-corrected chi connectivity index (χ2v) is 5.90. The molecule has 0 unspecified atom stereocenters. The fourth-order valence-electron chi connectivity index (χ4n) is 1.76. The van der Waals surface area contributed by atoms with E-state index < -0.39 is 0 Å². The van der Waals surface area contributed by atoms with Gasteiger partial charge in [-0.3, -0.25) is 0 Å². The Hall–Kier alpha value is -1.41. The molecule has 0 aliphatic carbocycles. The molecule has 0 spiro atoms. The summed E-state index contributed by atoms with van der Waals surface area (Å²) in [4.78, 5) is 4.37. The topological polar surface area (TPSA) is 95.6 Å². The molecule has 0 atom stereocenters. The van der Waals surface area contributed by atoms with Gasteiger partial charge in [0.05, 0.1) is 5.75 Å². The number of rotatable bonds is 7. The van der Waals surface area contributed by atoms with Crippen LogP contribution < -0.4 is 5.73 Å². The number of aromatic nitrogens is 5. The van der Waals surface area contributed by atoms with Gasteiger partial charge in [0.1, 0.15) is 5.82 Å². The third-order valence-electron chi connectivity index (χ3n) is 2.68. The van der Waals surface area contributed by atoms with Crippen molar-refractivity contribution < 1.29 is 4.52 Å². The number of thioether (sulfide) groups is 1. The highest BCUT2D eigenvalue weighted by atomic mass is 32.2. The van der Waals surface area contributed by atoms with Crippen LogP contribution in [-0.2, 0) is 18.7 Å². The van der Waals surface area contributed by atoms with Crippen molar-refractivity contribution in [2.75, 3.05) is 6.54 Å². The van der Waals surface area contributed by atoms with Crippen molar-refractivity contribution in [1.82, 2.24) is 24.9 Å². The number of hydrogen-bond acceptors (Lipinski definition) is 7. The van der Waals surface area contributed by atoms with Crippen LogP contribution in [0.4, 0.5) is 0 Å². The van der Waals surface area contributed by atoms with E-state index in [4.69, 9.17) is 10.3 Å². The summed E-state index contributed by atoms with van der Waals surface area (Å²) in [5, 5.41) is 13.0. The Morgan fingerprint density at radius 2 is 2.15 bits per heavy atom. The van der Waals surface area contributed by atoms with Crippen LogP contribution in [-0.4, -0.2) is 31.4 Å². The van der Waals surface area contributed by atoms with Crippen LogP contribution in [0.1, 0.15) is 31.4 Å². The molecule has 0 aliphatic rings. The van der Waals surface area contributed by atoms with Gasteiger partial charge in [0.25, 0.3) is 0 Å². The summed E-state index contributed by atoms with van der Waals surface area (Å²) in [6, 6.07) is 0. The Bertz CT molecular complexity index is 550. The van der Waals surface area contributed by atoms with E-state index in [0.29, 0.717) is 36.5 Å². The average Bonchev–Trinajstić information content (AvgIpc) is 2.96. The third-order valence-corrected chi connectivity index (χ3v) is 3.64. The van der Waals surface area contributed by atoms with Gasteiger partial charge in [0, 0.05) is 19.5 Å². The molecular formula is C12H20N6OS. The van der Waals surface area contributed by atoms with Crippen molar-refractivity contribution in [1.29, 1.82) is 0 Å². The van der Waals surface area contributed by atoms with E-state index in [1.54, 1.807) is 11.8 Å². The summed E-state index contributed by atoms with van der Waals surface area (Å²) < 4.78 is 7.21. The van der Waals surface area contributed by atoms with Gasteiger partial charge >= 0.3 is 0 Å². The zero-order valence-electron chi connectivity index (χ0n) is 12.0. The van der Waals surface area contributed by atoms with Crippen molar-refractivity contribution in [3.05, 3.63) is 17.5 Å². The Morgan fingerprint density at radius 3 is 2.85 bits per heavy atom. The molecule has 2 heterocycles. The molecule has 0 saturated carbocycles. The smallest absolute Gasteiger partial charge is 0.226 e. The summed E-state index contributed by atoms with van der Waals surface area (Å²) in [6.07, 6.45) is 0.806. The van der Waals surface area contributed by atoms with Crippen LogP contribution in [0.5, 0.6) is 0 Å². The molecule has 0 fully saturated rings. The van der Waals surface area contributed by atoms with E-state index in [9.17, 15) is 0 Å². The second kappa shape index (κ2) is 6.85. The number of aryl methyl sites for hydroxylation is 1. The van der Waals surface area contributed by atoms with Crippen molar-refractivity contribution in [2.24, 2.45) is 11.7 Å². The normalized spacial score (nSPS) is 11.4. The quantitative estimate of drug-likeness (QED) is 0.772. The first-order valence-electron chi connectivity index (χ1n) is 6.64. The number of nitrogens with zero attached hydrogens (tertiary/aromatic N) is 5. The first-order valence-corrected chi connectivity index (χ1v) is 7.62. The predicted molar refractivity (Wildman–Crippen MR) is 76.2 cm³/mol. The van der Waals surface area contributed by atoms with Crippen LogP contribution in [0.15, 0.2) is 9.68 Å². The van der Waals surface area contributed by atoms with E-state index in [-0.39, 0.29) is 0 Å². The summed E-state index contributed by atoms with van der Waals surface area (Å²) >= 11 is 1.54. The third kappa shape index (κ3) is 3.80. The van der Waals surface area contributed by atoms with E-state index in [0.717, 1.165) is 17.4 Å². The average molecular weight is 296 g/mol. The highest BCUT2D eigenvalue weighted by Gasteiger charge is 2.12. The van der Waals surface area contributed by atoms with E-state index in [1.807, 2.05) is 11.5 Å². The highest BCUT2D eigenvalue weighted by molar-refractivity contribution is 7.98.